The van der Waals surface area contributed by atoms with Gasteiger partial charge in [0.15, 0.2) is 0 Å². The lowest BCUT2D eigenvalue weighted by atomic mass is 10.2. The van der Waals surface area contributed by atoms with Crippen molar-refractivity contribution in [1.82, 2.24) is 4.31 Å². The Balaban J connectivity index is 3.07. The average Bonchev–Trinajstić information content (AvgIpc) is 2.31. The summed E-state index contributed by atoms with van der Waals surface area (Å²) in [7, 11) is -1.95. The van der Waals surface area contributed by atoms with Gasteiger partial charge in [-0.05, 0) is 44.5 Å². The summed E-state index contributed by atoms with van der Waals surface area (Å²) >= 11 is 0. The molecule has 0 aromatic heterocycles. The number of benzene rings is 1. The average molecular weight is 286 g/mol. The normalized spacial score (nSPS) is 12.2. The minimum atomic E-state index is -3.47. The molecule has 0 fully saturated rings. The molecule has 0 saturated carbocycles. The van der Waals surface area contributed by atoms with Crippen LogP contribution in [0.5, 0.6) is 5.75 Å². The molecule has 0 spiro atoms. The van der Waals surface area contributed by atoms with Gasteiger partial charge in [-0.2, -0.15) is 4.31 Å². The summed E-state index contributed by atoms with van der Waals surface area (Å²) in [6, 6.07) is 4.88. The number of rotatable bonds is 6. The molecule has 0 bridgehead atoms. The number of sulfonamides is 1. The van der Waals surface area contributed by atoms with Gasteiger partial charge in [-0.3, -0.25) is 0 Å². The molecule has 0 saturated heterocycles. The largest absolute Gasteiger partial charge is 0.491 e. The molecule has 6 heteroatoms. The molecule has 0 amide bonds. The lowest BCUT2D eigenvalue weighted by Crippen LogP contribution is -2.31. The van der Waals surface area contributed by atoms with Gasteiger partial charge in [-0.25, -0.2) is 8.42 Å². The van der Waals surface area contributed by atoms with E-state index in [1.54, 1.807) is 18.2 Å². The molecule has 0 aliphatic rings. The molecule has 0 aliphatic carbocycles. The zero-order chi connectivity index (χ0) is 14.6. The van der Waals surface area contributed by atoms with Crippen molar-refractivity contribution in [3.8, 4) is 5.75 Å². The SMILES string of the molecule is Cc1cc(S(=O)(=O)N(C)CCN)ccc1OC(C)C. The number of hydrogen-bond acceptors (Lipinski definition) is 4. The zero-order valence-corrected chi connectivity index (χ0v) is 12.7. The summed E-state index contributed by atoms with van der Waals surface area (Å²) in [6.07, 6.45) is 0.0565. The molecule has 0 aliphatic heterocycles. The summed E-state index contributed by atoms with van der Waals surface area (Å²) in [6.45, 7) is 6.28. The van der Waals surface area contributed by atoms with Crippen LogP contribution in [0.2, 0.25) is 0 Å². The van der Waals surface area contributed by atoms with Crippen molar-refractivity contribution in [2.75, 3.05) is 20.1 Å². The summed E-state index contributed by atoms with van der Waals surface area (Å²) in [4.78, 5) is 0.261. The minimum absolute atomic E-state index is 0.0565. The number of nitrogens with two attached hydrogens (primary N) is 1. The number of aryl methyl sites for hydroxylation is 1. The van der Waals surface area contributed by atoms with Crippen LogP contribution >= 0.6 is 0 Å². The zero-order valence-electron chi connectivity index (χ0n) is 11.9. The standard InChI is InChI=1S/C13H22N2O3S/c1-10(2)18-13-6-5-12(9-11(13)3)19(16,17)15(4)8-7-14/h5-6,9-10H,7-8,14H2,1-4H3. The fraction of sp³-hybridized carbons (Fsp3) is 0.538. The Morgan fingerprint density at radius 1 is 1.37 bits per heavy atom. The highest BCUT2D eigenvalue weighted by Crippen LogP contribution is 2.24. The van der Waals surface area contributed by atoms with Gasteiger partial charge in [0.2, 0.25) is 10.0 Å². The molecule has 19 heavy (non-hydrogen) atoms. The Kier molecular flexibility index (Phi) is 5.34. The molecule has 1 rings (SSSR count). The summed E-state index contributed by atoms with van der Waals surface area (Å²) in [5.41, 5.74) is 6.19. The third-order valence-corrected chi connectivity index (χ3v) is 4.51. The van der Waals surface area contributed by atoms with Gasteiger partial charge >= 0.3 is 0 Å². The van der Waals surface area contributed by atoms with Crippen molar-refractivity contribution in [2.45, 2.75) is 31.8 Å². The fourth-order valence-corrected chi connectivity index (χ4v) is 2.92. The quantitative estimate of drug-likeness (QED) is 0.857. The van der Waals surface area contributed by atoms with Gasteiger partial charge in [0.05, 0.1) is 11.0 Å². The van der Waals surface area contributed by atoms with Crippen LogP contribution in [0.15, 0.2) is 23.1 Å². The van der Waals surface area contributed by atoms with Crippen molar-refractivity contribution in [1.29, 1.82) is 0 Å². The Labute approximate surface area is 115 Å². The van der Waals surface area contributed by atoms with E-state index in [-0.39, 0.29) is 11.0 Å². The van der Waals surface area contributed by atoms with E-state index < -0.39 is 10.0 Å². The van der Waals surface area contributed by atoms with Crippen LogP contribution in [0.3, 0.4) is 0 Å². The second-order valence-corrected chi connectivity index (χ2v) is 6.75. The van der Waals surface area contributed by atoms with Crippen LogP contribution in [0, 0.1) is 6.92 Å². The maximum absolute atomic E-state index is 12.2. The first-order valence-electron chi connectivity index (χ1n) is 6.22. The molecule has 5 nitrogen and oxygen atoms in total. The van der Waals surface area contributed by atoms with E-state index in [1.807, 2.05) is 20.8 Å². The van der Waals surface area contributed by atoms with Gasteiger partial charge in [0, 0.05) is 20.1 Å². The molecule has 1 aromatic carbocycles. The van der Waals surface area contributed by atoms with E-state index >= 15 is 0 Å². The molecular formula is C13H22N2O3S. The number of nitrogens with zero attached hydrogens (tertiary/aromatic N) is 1. The maximum atomic E-state index is 12.2. The van der Waals surface area contributed by atoms with E-state index in [1.165, 1.54) is 11.4 Å². The first-order chi connectivity index (χ1) is 8.78. The van der Waals surface area contributed by atoms with E-state index in [4.69, 9.17) is 10.5 Å². The van der Waals surface area contributed by atoms with E-state index in [9.17, 15) is 8.42 Å². The van der Waals surface area contributed by atoms with Gasteiger partial charge in [0.1, 0.15) is 5.75 Å². The summed E-state index contributed by atoms with van der Waals surface area (Å²) < 4.78 is 31.3. The molecular weight excluding hydrogens is 264 g/mol. The van der Waals surface area contributed by atoms with Crippen LogP contribution in [0.25, 0.3) is 0 Å². The van der Waals surface area contributed by atoms with Crippen molar-refractivity contribution in [2.24, 2.45) is 5.73 Å². The van der Waals surface area contributed by atoms with Crippen molar-refractivity contribution < 1.29 is 13.2 Å². The van der Waals surface area contributed by atoms with Crippen LogP contribution in [-0.4, -0.2) is 39.0 Å². The lowest BCUT2D eigenvalue weighted by molar-refractivity contribution is 0.240. The summed E-state index contributed by atoms with van der Waals surface area (Å²) in [5.74, 6) is 0.704. The third kappa shape index (κ3) is 3.92. The van der Waals surface area contributed by atoms with Crippen LogP contribution < -0.4 is 10.5 Å². The molecule has 0 atom stereocenters. The lowest BCUT2D eigenvalue weighted by Gasteiger charge is -2.18. The van der Waals surface area contributed by atoms with Crippen molar-refractivity contribution in [3.63, 3.8) is 0 Å². The first-order valence-corrected chi connectivity index (χ1v) is 7.66. The molecule has 0 heterocycles. The smallest absolute Gasteiger partial charge is 0.242 e. The number of likely N-dealkylation sites (N-methyl/N-ethyl adjacent to an activating group) is 1. The maximum Gasteiger partial charge on any atom is 0.242 e. The summed E-state index contributed by atoms with van der Waals surface area (Å²) in [5, 5.41) is 0. The van der Waals surface area contributed by atoms with Crippen molar-refractivity contribution >= 4 is 10.0 Å². The highest BCUT2D eigenvalue weighted by Gasteiger charge is 2.20. The van der Waals surface area contributed by atoms with Gasteiger partial charge in [0.25, 0.3) is 0 Å². The topological polar surface area (TPSA) is 72.6 Å². The van der Waals surface area contributed by atoms with Crippen molar-refractivity contribution in [3.05, 3.63) is 23.8 Å². The Morgan fingerprint density at radius 3 is 2.47 bits per heavy atom. The number of hydrogen-bond donors (Lipinski definition) is 1. The highest BCUT2D eigenvalue weighted by molar-refractivity contribution is 7.89. The predicted molar refractivity (Wildman–Crippen MR) is 75.8 cm³/mol. The minimum Gasteiger partial charge on any atom is -0.491 e. The fourth-order valence-electron chi connectivity index (χ4n) is 1.65. The molecule has 1 aromatic rings. The predicted octanol–water partition coefficient (Wildman–Crippen LogP) is 1.36. The van der Waals surface area contributed by atoms with Crippen LogP contribution in [0.1, 0.15) is 19.4 Å². The number of ether oxygens (including phenoxy) is 1. The van der Waals surface area contributed by atoms with Gasteiger partial charge in [-0.1, -0.05) is 0 Å². The van der Waals surface area contributed by atoms with E-state index in [0.29, 0.717) is 18.8 Å². The molecule has 108 valence electrons. The Hall–Kier alpha value is -1.11. The molecule has 2 N–H and O–H groups in total. The Bertz CT molecular complexity index is 527. The second-order valence-electron chi connectivity index (χ2n) is 4.71. The van der Waals surface area contributed by atoms with E-state index in [2.05, 4.69) is 0 Å². The Morgan fingerprint density at radius 2 is 2.00 bits per heavy atom. The molecule has 0 unspecified atom stereocenters. The van der Waals surface area contributed by atoms with Crippen LogP contribution in [-0.2, 0) is 10.0 Å². The molecule has 0 radical (unpaired) electrons. The first kappa shape index (κ1) is 15.9. The van der Waals surface area contributed by atoms with Crippen LogP contribution in [0.4, 0.5) is 0 Å². The third-order valence-electron chi connectivity index (χ3n) is 2.66. The highest BCUT2D eigenvalue weighted by atomic mass is 32.2. The van der Waals surface area contributed by atoms with E-state index in [0.717, 1.165) is 5.56 Å². The second kappa shape index (κ2) is 6.36. The monoisotopic (exact) mass is 286 g/mol. The van der Waals surface area contributed by atoms with Gasteiger partial charge < -0.3 is 10.5 Å². The van der Waals surface area contributed by atoms with Gasteiger partial charge in [-0.15, -0.1) is 0 Å².